The van der Waals surface area contributed by atoms with E-state index in [1.807, 2.05) is 19.1 Å². The van der Waals surface area contributed by atoms with Crippen molar-refractivity contribution >= 4 is 0 Å². The van der Waals surface area contributed by atoms with E-state index in [1.54, 1.807) is 0 Å². The van der Waals surface area contributed by atoms with Gasteiger partial charge in [0.1, 0.15) is 5.75 Å². The van der Waals surface area contributed by atoms with Gasteiger partial charge in [-0.1, -0.05) is 39.0 Å². The molecule has 0 aliphatic carbocycles. The van der Waals surface area contributed by atoms with Crippen LogP contribution in [0.1, 0.15) is 53.5 Å². The van der Waals surface area contributed by atoms with Crippen molar-refractivity contribution in [2.75, 3.05) is 6.61 Å². The van der Waals surface area contributed by atoms with Crippen molar-refractivity contribution < 1.29 is 4.74 Å². The second kappa shape index (κ2) is 6.42. The van der Waals surface area contributed by atoms with Crippen LogP contribution in [0.3, 0.4) is 0 Å². The number of benzene rings is 1. The van der Waals surface area contributed by atoms with E-state index in [1.165, 1.54) is 5.56 Å². The van der Waals surface area contributed by atoms with Gasteiger partial charge in [0.25, 0.3) is 0 Å². The van der Waals surface area contributed by atoms with E-state index in [0.29, 0.717) is 12.0 Å². The quantitative estimate of drug-likeness (QED) is 0.822. The zero-order valence-electron chi connectivity index (χ0n) is 13.3. The van der Waals surface area contributed by atoms with Gasteiger partial charge in [0.2, 0.25) is 0 Å². The van der Waals surface area contributed by atoms with Crippen LogP contribution in [0.15, 0.2) is 24.3 Å². The zero-order valence-corrected chi connectivity index (χ0v) is 13.3. The van der Waals surface area contributed by atoms with Gasteiger partial charge in [0.15, 0.2) is 0 Å². The number of nitrogens with one attached hydrogen (secondary N) is 1. The standard InChI is InChI=1S/C17H29NO/c1-7-19-15-11-9-8-10-14(15)12-18-17(5,6)13-16(2,3)4/h8-11,18H,7,12-13H2,1-6H3. The SMILES string of the molecule is CCOc1ccccc1CNC(C)(C)CC(C)(C)C. The molecule has 0 saturated heterocycles. The van der Waals surface area contributed by atoms with Crippen molar-refractivity contribution in [2.45, 2.75) is 60.0 Å². The van der Waals surface area contributed by atoms with Crippen LogP contribution in [0, 0.1) is 5.41 Å². The minimum atomic E-state index is 0.123. The number of hydrogen-bond acceptors (Lipinski definition) is 2. The fraction of sp³-hybridized carbons (Fsp3) is 0.647. The predicted octanol–water partition coefficient (Wildman–Crippen LogP) is 4.39. The summed E-state index contributed by atoms with van der Waals surface area (Å²) in [7, 11) is 0. The summed E-state index contributed by atoms with van der Waals surface area (Å²) < 4.78 is 5.66. The van der Waals surface area contributed by atoms with Gasteiger partial charge < -0.3 is 10.1 Å². The van der Waals surface area contributed by atoms with Crippen molar-refractivity contribution in [3.8, 4) is 5.75 Å². The van der Waals surface area contributed by atoms with E-state index in [4.69, 9.17) is 4.74 Å². The Morgan fingerprint density at radius 2 is 1.68 bits per heavy atom. The van der Waals surface area contributed by atoms with Gasteiger partial charge in [-0.2, -0.15) is 0 Å². The second-order valence-corrected chi connectivity index (χ2v) is 7.02. The Morgan fingerprint density at radius 1 is 1.05 bits per heavy atom. The van der Waals surface area contributed by atoms with Gasteiger partial charge in [-0.3, -0.25) is 0 Å². The Morgan fingerprint density at radius 3 is 2.26 bits per heavy atom. The van der Waals surface area contributed by atoms with Crippen LogP contribution in [0.2, 0.25) is 0 Å². The molecule has 0 heterocycles. The highest BCUT2D eigenvalue weighted by atomic mass is 16.5. The maximum absolute atomic E-state index is 5.66. The van der Waals surface area contributed by atoms with E-state index >= 15 is 0 Å². The molecule has 0 fully saturated rings. The lowest BCUT2D eigenvalue weighted by Gasteiger charge is -2.33. The van der Waals surface area contributed by atoms with Crippen LogP contribution < -0.4 is 10.1 Å². The number of hydrogen-bond donors (Lipinski definition) is 1. The molecule has 0 bridgehead atoms. The lowest BCUT2D eigenvalue weighted by molar-refractivity contribution is 0.239. The van der Waals surface area contributed by atoms with Crippen LogP contribution in [0.4, 0.5) is 0 Å². The lowest BCUT2D eigenvalue weighted by atomic mass is 9.82. The molecule has 1 N–H and O–H groups in total. The lowest BCUT2D eigenvalue weighted by Crippen LogP contribution is -2.41. The fourth-order valence-corrected chi connectivity index (χ4v) is 2.67. The maximum atomic E-state index is 5.66. The van der Waals surface area contributed by atoms with Crippen LogP contribution in [-0.2, 0) is 6.54 Å². The third kappa shape index (κ3) is 6.11. The molecule has 1 aromatic rings. The fourth-order valence-electron chi connectivity index (χ4n) is 2.67. The van der Waals surface area contributed by atoms with Gasteiger partial charge in [-0.15, -0.1) is 0 Å². The van der Waals surface area contributed by atoms with Crippen molar-refractivity contribution in [3.63, 3.8) is 0 Å². The number of ether oxygens (including phenoxy) is 1. The van der Waals surface area contributed by atoms with Crippen molar-refractivity contribution in [3.05, 3.63) is 29.8 Å². The third-order valence-electron chi connectivity index (χ3n) is 3.00. The third-order valence-corrected chi connectivity index (χ3v) is 3.00. The van der Waals surface area contributed by atoms with Gasteiger partial charge in [-0.05, 0) is 38.7 Å². The van der Waals surface area contributed by atoms with Crippen LogP contribution in [-0.4, -0.2) is 12.1 Å². The van der Waals surface area contributed by atoms with Gasteiger partial charge >= 0.3 is 0 Å². The Hall–Kier alpha value is -1.02. The van der Waals surface area contributed by atoms with Crippen molar-refractivity contribution in [1.82, 2.24) is 5.32 Å². The van der Waals surface area contributed by atoms with Crippen LogP contribution in [0.25, 0.3) is 0 Å². The summed E-state index contributed by atoms with van der Waals surface area (Å²) in [6.07, 6.45) is 1.14. The molecular formula is C17H29NO. The van der Waals surface area contributed by atoms with E-state index in [-0.39, 0.29) is 5.54 Å². The molecule has 1 rings (SSSR count). The summed E-state index contributed by atoms with van der Waals surface area (Å²) in [5.41, 5.74) is 1.68. The van der Waals surface area contributed by atoms with Gasteiger partial charge in [0.05, 0.1) is 6.61 Å². The first kappa shape index (κ1) is 16.0. The Bertz CT molecular complexity index is 390. The summed E-state index contributed by atoms with van der Waals surface area (Å²) in [5.74, 6) is 0.990. The minimum absolute atomic E-state index is 0.123. The molecule has 0 spiro atoms. The van der Waals surface area contributed by atoms with Crippen LogP contribution >= 0.6 is 0 Å². The topological polar surface area (TPSA) is 21.3 Å². The van der Waals surface area contributed by atoms with Crippen LogP contribution in [0.5, 0.6) is 5.75 Å². The average molecular weight is 263 g/mol. The summed E-state index contributed by atoms with van der Waals surface area (Å²) in [6.45, 7) is 15.0. The molecule has 2 heteroatoms. The second-order valence-electron chi connectivity index (χ2n) is 7.02. The van der Waals surface area contributed by atoms with E-state index in [2.05, 4.69) is 52.1 Å². The molecule has 0 radical (unpaired) electrons. The molecule has 108 valence electrons. The molecule has 19 heavy (non-hydrogen) atoms. The minimum Gasteiger partial charge on any atom is -0.494 e. The monoisotopic (exact) mass is 263 g/mol. The number of rotatable bonds is 6. The average Bonchev–Trinajstić information content (AvgIpc) is 2.25. The summed E-state index contributed by atoms with van der Waals surface area (Å²) in [6, 6.07) is 8.26. The zero-order chi connectivity index (χ0) is 14.5. The summed E-state index contributed by atoms with van der Waals surface area (Å²) in [5, 5.41) is 3.65. The molecular weight excluding hydrogens is 234 g/mol. The van der Waals surface area contributed by atoms with E-state index in [0.717, 1.165) is 18.7 Å². The summed E-state index contributed by atoms with van der Waals surface area (Å²) >= 11 is 0. The molecule has 0 amide bonds. The predicted molar refractivity (Wildman–Crippen MR) is 82.6 cm³/mol. The molecule has 0 aliphatic rings. The normalized spacial score (nSPS) is 12.5. The maximum Gasteiger partial charge on any atom is 0.123 e. The molecule has 0 aromatic heterocycles. The Labute approximate surface area is 118 Å². The largest absolute Gasteiger partial charge is 0.494 e. The molecule has 0 unspecified atom stereocenters. The van der Waals surface area contributed by atoms with Crippen molar-refractivity contribution in [1.29, 1.82) is 0 Å². The molecule has 0 atom stereocenters. The van der Waals surface area contributed by atoms with Gasteiger partial charge in [0, 0.05) is 17.6 Å². The first-order valence-electron chi connectivity index (χ1n) is 7.19. The molecule has 0 aliphatic heterocycles. The Balaban J connectivity index is 2.66. The smallest absolute Gasteiger partial charge is 0.123 e. The molecule has 2 nitrogen and oxygen atoms in total. The van der Waals surface area contributed by atoms with E-state index in [9.17, 15) is 0 Å². The first-order chi connectivity index (χ1) is 8.73. The van der Waals surface area contributed by atoms with E-state index < -0.39 is 0 Å². The summed E-state index contributed by atoms with van der Waals surface area (Å²) in [4.78, 5) is 0. The molecule has 0 saturated carbocycles. The van der Waals surface area contributed by atoms with Crippen molar-refractivity contribution in [2.24, 2.45) is 5.41 Å². The highest BCUT2D eigenvalue weighted by molar-refractivity contribution is 5.33. The molecule has 1 aromatic carbocycles. The highest BCUT2D eigenvalue weighted by Gasteiger charge is 2.24. The Kier molecular flexibility index (Phi) is 5.42. The first-order valence-corrected chi connectivity index (χ1v) is 7.19. The van der Waals surface area contributed by atoms with Gasteiger partial charge in [-0.25, -0.2) is 0 Å². The highest BCUT2D eigenvalue weighted by Crippen LogP contribution is 2.27. The number of para-hydroxylation sites is 1.